The maximum atomic E-state index is 13.2. The zero-order valence-corrected chi connectivity index (χ0v) is 11.2. The smallest absolute Gasteiger partial charge is 0.222 e. The fourth-order valence-corrected chi connectivity index (χ4v) is 2.59. The maximum absolute atomic E-state index is 13.2. The van der Waals surface area contributed by atoms with E-state index in [0.29, 0.717) is 11.3 Å². The Hall–Kier alpha value is -1.40. The summed E-state index contributed by atoms with van der Waals surface area (Å²) >= 11 is 6.01. The lowest BCUT2D eigenvalue weighted by Crippen LogP contribution is -2.02. The van der Waals surface area contributed by atoms with E-state index in [0.717, 1.165) is 6.08 Å². The van der Waals surface area contributed by atoms with Gasteiger partial charge in [0, 0.05) is 29.1 Å². The minimum absolute atomic E-state index is 0.0374. The molecule has 102 valence electrons. The molecule has 0 radical (unpaired) electrons. The van der Waals surface area contributed by atoms with Crippen LogP contribution in [0.3, 0.4) is 0 Å². The molecule has 19 heavy (non-hydrogen) atoms. The average molecular weight is 306 g/mol. The summed E-state index contributed by atoms with van der Waals surface area (Å²) in [5, 5.41) is 0.255. The first kappa shape index (κ1) is 14.0. The van der Waals surface area contributed by atoms with E-state index in [-0.39, 0.29) is 11.4 Å². The van der Waals surface area contributed by atoms with Gasteiger partial charge in [0.05, 0.1) is 0 Å². The molecule has 2 rings (SSSR count). The van der Waals surface area contributed by atoms with Gasteiger partial charge in [-0.1, -0.05) is 17.7 Å². The lowest BCUT2D eigenvalue weighted by atomic mass is 9.91. The van der Waals surface area contributed by atoms with E-state index in [1.165, 1.54) is 18.2 Å². The van der Waals surface area contributed by atoms with Crippen molar-refractivity contribution in [2.24, 2.45) is 0 Å². The van der Waals surface area contributed by atoms with Crippen LogP contribution in [0, 0.1) is 0 Å². The van der Waals surface area contributed by atoms with Gasteiger partial charge in [0.1, 0.15) is 11.7 Å². The van der Waals surface area contributed by atoms with Crippen LogP contribution >= 0.6 is 11.6 Å². The number of hydrogen-bond acceptors (Lipinski definition) is 2. The van der Waals surface area contributed by atoms with Gasteiger partial charge in [0.15, 0.2) is 0 Å². The van der Waals surface area contributed by atoms with E-state index in [1.54, 1.807) is 6.07 Å². The van der Waals surface area contributed by atoms with Crippen molar-refractivity contribution in [1.82, 2.24) is 0 Å². The second-order valence-corrected chi connectivity index (χ2v) is 5.20. The normalized spacial score (nSPS) is 19.1. The van der Waals surface area contributed by atoms with Crippen LogP contribution in [-0.2, 0) is 10.9 Å². The Morgan fingerprint density at radius 1 is 1.32 bits per heavy atom. The molecule has 1 N–H and O–H groups in total. The summed E-state index contributed by atoms with van der Waals surface area (Å²) < 4.78 is 49.6. The van der Waals surface area contributed by atoms with Crippen LogP contribution in [0.25, 0.3) is 0 Å². The quantitative estimate of drug-likeness (QED) is 0.840. The minimum atomic E-state index is -2.78. The van der Waals surface area contributed by atoms with Crippen molar-refractivity contribution in [1.29, 1.82) is 0 Å². The first-order chi connectivity index (χ1) is 8.95. The van der Waals surface area contributed by atoms with E-state index < -0.39 is 28.5 Å². The van der Waals surface area contributed by atoms with Gasteiger partial charge in [-0.25, -0.2) is 17.2 Å². The molecule has 3 nitrogen and oxygen atoms in total. The number of anilines is 1. The maximum Gasteiger partial charge on any atom is 0.222 e. The Balaban J connectivity index is 2.29. The van der Waals surface area contributed by atoms with Crippen LogP contribution in [-0.4, -0.2) is 8.42 Å². The van der Waals surface area contributed by atoms with E-state index >= 15 is 0 Å². The third-order valence-electron chi connectivity index (χ3n) is 2.69. The van der Waals surface area contributed by atoms with Crippen LogP contribution in [0.2, 0.25) is 5.02 Å². The Morgan fingerprint density at radius 3 is 2.63 bits per heavy atom. The summed E-state index contributed by atoms with van der Waals surface area (Å²) in [7, 11) is -2.78. The number of thiol groups is 1. The van der Waals surface area contributed by atoms with Crippen molar-refractivity contribution in [3.8, 4) is 0 Å². The monoisotopic (exact) mass is 305 g/mol. The van der Waals surface area contributed by atoms with Gasteiger partial charge in [0.25, 0.3) is 0 Å². The molecule has 0 bridgehead atoms. The van der Waals surface area contributed by atoms with Gasteiger partial charge >= 0.3 is 0 Å². The number of hydrogen-bond donors (Lipinski definition) is 2. The number of nitrogens with one attached hydrogen (secondary N) is 1. The Kier molecular flexibility index (Phi) is 4.21. The van der Waals surface area contributed by atoms with Crippen molar-refractivity contribution in [2.45, 2.75) is 12.3 Å². The molecule has 0 aromatic heterocycles. The van der Waals surface area contributed by atoms with Crippen LogP contribution in [0.15, 0.2) is 42.0 Å². The molecular weight excluding hydrogens is 296 g/mol. The lowest BCUT2D eigenvalue weighted by molar-refractivity contribution is 0.536. The SMILES string of the molecule is O=[SH](=O)Nc1ccc(C2C=C(F)C=C(F)C2)c(Cl)c1. The molecule has 7 heteroatoms. The third-order valence-corrected chi connectivity index (χ3v) is 3.46. The first-order valence-electron chi connectivity index (χ1n) is 5.39. The fraction of sp³-hybridized carbons (Fsp3) is 0.167. The molecule has 1 aliphatic rings. The van der Waals surface area contributed by atoms with Crippen LogP contribution in [0.1, 0.15) is 17.9 Å². The van der Waals surface area contributed by atoms with Crippen LogP contribution < -0.4 is 4.72 Å². The predicted octanol–water partition coefficient (Wildman–Crippen LogP) is 3.47. The second-order valence-electron chi connectivity index (χ2n) is 4.06. The third kappa shape index (κ3) is 3.54. The highest BCUT2D eigenvalue weighted by Crippen LogP contribution is 2.36. The van der Waals surface area contributed by atoms with Crippen LogP contribution in [0.5, 0.6) is 0 Å². The molecule has 0 aliphatic heterocycles. The molecule has 1 aliphatic carbocycles. The summed E-state index contributed by atoms with van der Waals surface area (Å²) in [6.45, 7) is 0. The average Bonchev–Trinajstić information content (AvgIpc) is 2.26. The summed E-state index contributed by atoms with van der Waals surface area (Å²) in [4.78, 5) is 0. The Morgan fingerprint density at radius 2 is 2.05 bits per heavy atom. The molecule has 1 aromatic carbocycles. The molecule has 0 saturated carbocycles. The standard InChI is InChI=1S/C12H10ClF2NO2S/c13-12-6-10(16-19(17)18)1-2-11(12)7-3-8(14)5-9(15)4-7/h1-3,5-7,19H,4H2,(H,16,17,18). The van der Waals surface area contributed by atoms with E-state index in [1.807, 2.05) is 0 Å². The summed E-state index contributed by atoms with van der Waals surface area (Å²) in [5.41, 5.74) is 0.855. The van der Waals surface area contributed by atoms with E-state index in [4.69, 9.17) is 11.6 Å². The van der Waals surface area contributed by atoms with Crippen molar-refractivity contribution in [3.63, 3.8) is 0 Å². The Labute approximate surface area is 115 Å². The lowest BCUT2D eigenvalue weighted by Gasteiger charge is -2.17. The molecule has 0 fully saturated rings. The van der Waals surface area contributed by atoms with Crippen LogP contribution in [0.4, 0.5) is 14.5 Å². The van der Waals surface area contributed by atoms with E-state index in [2.05, 4.69) is 4.72 Å². The van der Waals surface area contributed by atoms with Gasteiger partial charge in [-0.2, -0.15) is 0 Å². The van der Waals surface area contributed by atoms with E-state index in [9.17, 15) is 17.2 Å². The molecule has 0 saturated heterocycles. The number of allylic oxidation sites excluding steroid dienone is 4. The van der Waals surface area contributed by atoms with Gasteiger partial charge in [0.2, 0.25) is 10.9 Å². The molecule has 1 atom stereocenters. The fourth-order valence-electron chi connectivity index (χ4n) is 1.92. The minimum Gasteiger partial charge on any atom is -0.286 e. The van der Waals surface area contributed by atoms with Crippen molar-refractivity contribution in [3.05, 3.63) is 52.6 Å². The van der Waals surface area contributed by atoms with Crippen molar-refractivity contribution >= 4 is 28.2 Å². The highest BCUT2D eigenvalue weighted by molar-refractivity contribution is 7.73. The molecule has 1 aromatic rings. The molecule has 0 amide bonds. The van der Waals surface area contributed by atoms with Gasteiger partial charge in [-0.3, -0.25) is 4.72 Å². The first-order valence-corrected chi connectivity index (χ1v) is 6.95. The molecule has 0 spiro atoms. The number of halogens is 3. The zero-order chi connectivity index (χ0) is 14.0. The molecular formula is C12H10ClF2NO2S. The molecule has 1 unspecified atom stereocenters. The van der Waals surface area contributed by atoms with Crippen molar-refractivity contribution < 1.29 is 17.2 Å². The number of rotatable bonds is 3. The molecule has 0 heterocycles. The largest absolute Gasteiger partial charge is 0.286 e. The summed E-state index contributed by atoms with van der Waals surface area (Å²) in [5.74, 6) is -1.69. The van der Waals surface area contributed by atoms with Gasteiger partial charge in [-0.15, -0.1) is 0 Å². The van der Waals surface area contributed by atoms with Gasteiger partial charge < -0.3 is 0 Å². The second kappa shape index (κ2) is 5.71. The summed E-state index contributed by atoms with van der Waals surface area (Å²) in [6, 6.07) is 4.45. The Bertz CT molecular complexity index is 633. The topological polar surface area (TPSA) is 46.2 Å². The van der Waals surface area contributed by atoms with Crippen molar-refractivity contribution in [2.75, 3.05) is 4.72 Å². The highest BCUT2D eigenvalue weighted by Gasteiger charge is 2.19. The highest BCUT2D eigenvalue weighted by atomic mass is 35.5. The zero-order valence-electron chi connectivity index (χ0n) is 9.57. The predicted molar refractivity (Wildman–Crippen MR) is 71.1 cm³/mol. The number of benzene rings is 1. The summed E-state index contributed by atoms with van der Waals surface area (Å²) in [6.07, 6.45) is 2.16. The van der Waals surface area contributed by atoms with Gasteiger partial charge in [-0.05, 0) is 23.8 Å².